The largest absolute Gasteiger partial charge is 0.345 e. The molecule has 1 rings (SSSR count). The third-order valence-electron chi connectivity index (χ3n) is 3.63. The van der Waals surface area contributed by atoms with Gasteiger partial charge >= 0.3 is 0 Å². The van der Waals surface area contributed by atoms with Crippen molar-refractivity contribution in [1.82, 2.24) is 10.2 Å². The van der Waals surface area contributed by atoms with E-state index in [9.17, 15) is 4.79 Å². The highest BCUT2D eigenvalue weighted by atomic mass is 35.5. The van der Waals surface area contributed by atoms with Gasteiger partial charge in [0.15, 0.2) is 0 Å². The van der Waals surface area contributed by atoms with Gasteiger partial charge in [0.25, 0.3) is 0 Å². The second kappa shape index (κ2) is 7.93. The minimum atomic E-state index is 0. The van der Waals surface area contributed by atoms with Gasteiger partial charge in [-0.05, 0) is 32.2 Å². The Balaban J connectivity index is 0.00000256. The van der Waals surface area contributed by atoms with Crippen molar-refractivity contribution in [2.75, 3.05) is 20.1 Å². The van der Waals surface area contributed by atoms with E-state index in [2.05, 4.69) is 26.1 Å². The molecular formula is C13H27ClN2O. The first-order valence-corrected chi connectivity index (χ1v) is 6.53. The van der Waals surface area contributed by atoms with Gasteiger partial charge in [0.1, 0.15) is 0 Å². The van der Waals surface area contributed by atoms with E-state index in [1.807, 2.05) is 11.9 Å². The fraction of sp³-hybridized carbons (Fsp3) is 0.923. The van der Waals surface area contributed by atoms with Gasteiger partial charge in [-0.2, -0.15) is 0 Å². The zero-order valence-corrected chi connectivity index (χ0v) is 12.3. The third-order valence-corrected chi connectivity index (χ3v) is 3.63. The maximum absolute atomic E-state index is 12.2. The van der Waals surface area contributed by atoms with Gasteiger partial charge in [-0.3, -0.25) is 4.79 Å². The number of rotatable bonds is 4. The normalized spacial score (nSPS) is 25.9. The van der Waals surface area contributed by atoms with Crippen molar-refractivity contribution in [2.45, 2.75) is 46.1 Å². The molecule has 0 radical (unpaired) electrons. The van der Waals surface area contributed by atoms with Crippen LogP contribution in [0, 0.1) is 11.8 Å². The van der Waals surface area contributed by atoms with Crippen LogP contribution >= 0.6 is 12.4 Å². The summed E-state index contributed by atoms with van der Waals surface area (Å²) in [6.45, 7) is 8.42. The van der Waals surface area contributed by atoms with E-state index in [1.165, 1.54) is 0 Å². The Labute approximate surface area is 112 Å². The molecule has 0 bridgehead atoms. The standard InChI is InChI=1S/C13H26N2O.ClH/c1-5-10(2)9-15(4)13(16)12-6-7-14-11(3)8-12;/h10-12,14H,5-9H2,1-4H3;1H/t10?,11-,12-;/m0./s1. The SMILES string of the molecule is CCC(C)CN(C)C(=O)[C@H]1CCN[C@@H](C)C1.Cl. The predicted octanol–water partition coefficient (Wildman–Crippen LogP) is 2.30. The Morgan fingerprint density at radius 3 is 2.71 bits per heavy atom. The molecule has 0 saturated carbocycles. The second-order valence-electron chi connectivity index (χ2n) is 5.31. The van der Waals surface area contributed by atoms with Crippen molar-refractivity contribution in [3.63, 3.8) is 0 Å². The Kier molecular flexibility index (Phi) is 7.80. The van der Waals surface area contributed by atoms with E-state index >= 15 is 0 Å². The highest BCUT2D eigenvalue weighted by molar-refractivity contribution is 5.85. The lowest BCUT2D eigenvalue weighted by molar-refractivity contribution is -0.135. The van der Waals surface area contributed by atoms with Crippen LogP contribution in [0.1, 0.15) is 40.0 Å². The summed E-state index contributed by atoms with van der Waals surface area (Å²) in [5.41, 5.74) is 0. The molecule has 0 aromatic rings. The molecule has 0 aromatic heterocycles. The number of nitrogens with zero attached hydrogens (tertiary/aromatic N) is 1. The van der Waals surface area contributed by atoms with Crippen LogP contribution in [-0.2, 0) is 4.79 Å². The topological polar surface area (TPSA) is 32.3 Å². The van der Waals surface area contributed by atoms with E-state index in [4.69, 9.17) is 0 Å². The van der Waals surface area contributed by atoms with Crippen molar-refractivity contribution in [1.29, 1.82) is 0 Å². The molecule has 3 nitrogen and oxygen atoms in total. The van der Waals surface area contributed by atoms with Crippen molar-refractivity contribution in [3.05, 3.63) is 0 Å². The molecular weight excluding hydrogens is 236 g/mol. The first kappa shape index (κ1) is 16.7. The van der Waals surface area contributed by atoms with Crippen molar-refractivity contribution in [2.24, 2.45) is 11.8 Å². The van der Waals surface area contributed by atoms with E-state index < -0.39 is 0 Å². The fourth-order valence-corrected chi connectivity index (χ4v) is 2.35. The molecule has 1 amide bonds. The van der Waals surface area contributed by atoms with Crippen molar-refractivity contribution < 1.29 is 4.79 Å². The number of amides is 1. The minimum Gasteiger partial charge on any atom is -0.345 e. The van der Waals surface area contributed by atoms with Gasteiger partial charge in [0, 0.05) is 25.6 Å². The molecule has 1 fully saturated rings. The average Bonchev–Trinajstić information content (AvgIpc) is 2.27. The van der Waals surface area contributed by atoms with Crippen LogP contribution in [0.2, 0.25) is 0 Å². The molecule has 3 atom stereocenters. The molecule has 1 aliphatic heterocycles. The van der Waals surface area contributed by atoms with Crippen molar-refractivity contribution >= 4 is 18.3 Å². The van der Waals surface area contributed by atoms with Crippen molar-refractivity contribution in [3.8, 4) is 0 Å². The number of nitrogens with one attached hydrogen (secondary N) is 1. The van der Waals surface area contributed by atoms with Crippen LogP contribution in [-0.4, -0.2) is 37.0 Å². The van der Waals surface area contributed by atoms with Gasteiger partial charge in [0.2, 0.25) is 5.91 Å². The number of hydrogen-bond donors (Lipinski definition) is 1. The van der Waals surface area contributed by atoms with Gasteiger partial charge in [-0.15, -0.1) is 12.4 Å². The quantitative estimate of drug-likeness (QED) is 0.843. The molecule has 1 N–H and O–H groups in total. The average molecular weight is 263 g/mol. The zero-order valence-electron chi connectivity index (χ0n) is 11.5. The second-order valence-corrected chi connectivity index (χ2v) is 5.31. The highest BCUT2D eigenvalue weighted by Crippen LogP contribution is 2.19. The summed E-state index contributed by atoms with van der Waals surface area (Å²) in [6, 6.07) is 0.486. The maximum atomic E-state index is 12.2. The lowest BCUT2D eigenvalue weighted by Crippen LogP contribution is -2.43. The predicted molar refractivity (Wildman–Crippen MR) is 74.5 cm³/mol. The van der Waals surface area contributed by atoms with E-state index in [0.717, 1.165) is 32.4 Å². The zero-order chi connectivity index (χ0) is 12.1. The molecule has 4 heteroatoms. The minimum absolute atomic E-state index is 0. The molecule has 0 spiro atoms. The van der Waals surface area contributed by atoms with Crippen LogP contribution in [0.5, 0.6) is 0 Å². The summed E-state index contributed by atoms with van der Waals surface area (Å²) in [5.74, 6) is 1.19. The van der Waals surface area contributed by atoms with Gasteiger partial charge in [-0.1, -0.05) is 20.3 Å². The Hall–Kier alpha value is -0.280. The van der Waals surface area contributed by atoms with Gasteiger partial charge < -0.3 is 10.2 Å². The summed E-state index contributed by atoms with van der Waals surface area (Å²) in [5, 5.41) is 3.39. The monoisotopic (exact) mass is 262 g/mol. The number of piperidine rings is 1. The number of hydrogen-bond acceptors (Lipinski definition) is 2. The number of carbonyl (C=O) groups excluding carboxylic acids is 1. The van der Waals surface area contributed by atoms with Gasteiger partial charge in [-0.25, -0.2) is 0 Å². The van der Waals surface area contributed by atoms with Gasteiger partial charge in [0.05, 0.1) is 0 Å². The Morgan fingerprint density at radius 1 is 1.53 bits per heavy atom. The summed E-state index contributed by atoms with van der Waals surface area (Å²) < 4.78 is 0. The Bertz CT molecular complexity index is 235. The van der Waals surface area contributed by atoms with E-state index in [0.29, 0.717) is 17.9 Å². The van der Waals surface area contributed by atoms with E-state index in [1.54, 1.807) is 0 Å². The van der Waals surface area contributed by atoms with Crippen LogP contribution in [0.15, 0.2) is 0 Å². The number of carbonyl (C=O) groups is 1. The molecule has 17 heavy (non-hydrogen) atoms. The fourth-order valence-electron chi connectivity index (χ4n) is 2.35. The Morgan fingerprint density at radius 2 is 2.18 bits per heavy atom. The summed E-state index contributed by atoms with van der Waals surface area (Å²) in [6.07, 6.45) is 3.12. The number of halogens is 1. The molecule has 1 aliphatic rings. The molecule has 1 heterocycles. The highest BCUT2D eigenvalue weighted by Gasteiger charge is 2.27. The first-order chi connectivity index (χ1) is 7.54. The van der Waals surface area contributed by atoms with Crippen LogP contribution in [0.25, 0.3) is 0 Å². The first-order valence-electron chi connectivity index (χ1n) is 6.53. The molecule has 1 unspecified atom stereocenters. The molecule has 1 saturated heterocycles. The summed E-state index contributed by atoms with van der Waals surface area (Å²) >= 11 is 0. The lowest BCUT2D eigenvalue weighted by atomic mass is 9.92. The third kappa shape index (κ3) is 5.26. The maximum Gasteiger partial charge on any atom is 0.225 e. The van der Waals surface area contributed by atoms with Crippen LogP contribution in [0.4, 0.5) is 0 Å². The lowest BCUT2D eigenvalue weighted by Gasteiger charge is -2.31. The van der Waals surface area contributed by atoms with Crippen LogP contribution in [0.3, 0.4) is 0 Å². The molecule has 0 aliphatic carbocycles. The smallest absolute Gasteiger partial charge is 0.225 e. The summed E-state index contributed by atoms with van der Waals surface area (Å²) in [7, 11) is 1.95. The molecule has 102 valence electrons. The van der Waals surface area contributed by atoms with Crippen LogP contribution < -0.4 is 5.32 Å². The summed E-state index contributed by atoms with van der Waals surface area (Å²) in [4.78, 5) is 14.1. The molecule has 0 aromatic carbocycles. The van der Waals surface area contributed by atoms with E-state index in [-0.39, 0.29) is 18.3 Å².